The highest BCUT2D eigenvalue weighted by Gasteiger charge is 2.43. The van der Waals surface area contributed by atoms with Crippen molar-refractivity contribution >= 4 is 12.1 Å². The largest absolute Gasteiger partial charge is 0.481 e. The topological polar surface area (TPSA) is 76.1 Å². The summed E-state index contributed by atoms with van der Waals surface area (Å²) in [6, 6.07) is 0. The molecule has 1 N–H and O–H groups in total. The predicted octanol–water partition coefficient (Wildman–Crippen LogP) is 1.73. The number of hydrogen-bond acceptors (Lipinski definition) is 4. The third-order valence-corrected chi connectivity index (χ3v) is 3.82. The van der Waals surface area contributed by atoms with E-state index in [1.54, 1.807) is 4.90 Å². The summed E-state index contributed by atoms with van der Waals surface area (Å²) < 4.78 is 10.9. The third kappa shape index (κ3) is 3.62. The van der Waals surface area contributed by atoms with E-state index in [9.17, 15) is 9.59 Å². The number of carboxylic acid groups (broad SMARTS) is 1. The highest BCUT2D eigenvalue weighted by Crippen LogP contribution is 2.36. The highest BCUT2D eigenvalue weighted by molar-refractivity contribution is 5.68. The summed E-state index contributed by atoms with van der Waals surface area (Å²) in [5.74, 6) is -0.365. The number of fused-ring (bicyclic) bond motifs is 1. The van der Waals surface area contributed by atoms with Gasteiger partial charge in [0.2, 0.25) is 0 Å². The number of nitrogens with zero attached hydrogens (tertiary/aromatic N) is 1. The van der Waals surface area contributed by atoms with E-state index in [1.807, 2.05) is 20.8 Å². The molecule has 20 heavy (non-hydrogen) atoms. The summed E-state index contributed by atoms with van der Waals surface area (Å²) >= 11 is 0. The van der Waals surface area contributed by atoms with Gasteiger partial charge in [-0.15, -0.1) is 0 Å². The first-order valence-electron chi connectivity index (χ1n) is 7.07. The molecule has 0 aromatic rings. The van der Waals surface area contributed by atoms with Gasteiger partial charge in [-0.25, -0.2) is 4.79 Å². The van der Waals surface area contributed by atoms with Gasteiger partial charge in [0, 0.05) is 19.0 Å². The second-order valence-corrected chi connectivity index (χ2v) is 6.61. The molecule has 6 heteroatoms. The van der Waals surface area contributed by atoms with Crippen molar-refractivity contribution in [1.82, 2.24) is 4.90 Å². The molecular weight excluding hydrogens is 262 g/mol. The zero-order valence-electron chi connectivity index (χ0n) is 12.3. The molecular formula is C14H23NO5. The summed E-state index contributed by atoms with van der Waals surface area (Å²) in [5, 5.41) is 8.87. The summed E-state index contributed by atoms with van der Waals surface area (Å²) in [6.07, 6.45) is 0.325. The van der Waals surface area contributed by atoms with E-state index in [-0.39, 0.29) is 30.5 Å². The van der Waals surface area contributed by atoms with Crippen LogP contribution in [0.25, 0.3) is 0 Å². The fourth-order valence-electron chi connectivity index (χ4n) is 2.96. The van der Waals surface area contributed by atoms with Gasteiger partial charge in [0.15, 0.2) is 0 Å². The van der Waals surface area contributed by atoms with Crippen molar-refractivity contribution in [2.45, 2.75) is 45.3 Å². The number of carbonyl (C=O) groups is 2. The van der Waals surface area contributed by atoms with Gasteiger partial charge in [-0.1, -0.05) is 0 Å². The van der Waals surface area contributed by atoms with E-state index in [1.165, 1.54) is 0 Å². The van der Waals surface area contributed by atoms with Crippen molar-refractivity contribution < 1.29 is 24.2 Å². The smallest absolute Gasteiger partial charge is 0.410 e. The molecule has 2 rings (SSSR count). The van der Waals surface area contributed by atoms with Gasteiger partial charge in [-0.05, 0) is 33.1 Å². The van der Waals surface area contributed by atoms with Crippen molar-refractivity contribution in [2.75, 3.05) is 19.7 Å². The maximum absolute atomic E-state index is 12.0. The molecule has 0 saturated carbocycles. The number of ether oxygens (including phenoxy) is 2. The van der Waals surface area contributed by atoms with Crippen LogP contribution in [-0.2, 0) is 14.3 Å². The normalized spacial score (nSPS) is 29.9. The van der Waals surface area contributed by atoms with Crippen LogP contribution in [-0.4, -0.2) is 53.5 Å². The van der Waals surface area contributed by atoms with Crippen molar-refractivity contribution in [2.24, 2.45) is 11.8 Å². The second kappa shape index (κ2) is 5.60. The molecule has 114 valence electrons. The standard InChI is InChI=1S/C14H23NO5/c1-14(2,3)20-13(18)15-5-4-10-9(7-15)8-19-11(10)6-12(16)17/h9-11H,4-8H2,1-3H3,(H,16,17)/t9-,10-,11+/m1/s1. The minimum Gasteiger partial charge on any atom is -0.481 e. The lowest BCUT2D eigenvalue weighted by molar-refractivity contribution is -0.140. The Kier molecular flexibility index (Phi) is 4.22. The molecule has 0 aromatic carbocycles. The van der Waals surface area contributed by atoms with E-state index in [4.69, 9.17) is 14.6 Å². The van der Waals surface area contributed by atoms with Gasteiger partial charge in [0.25, 0.3) is 0 Å². The maximum atomic E-state index is 12.0. The van der Waals surface area contributed by atoms with Crippen LogP contribution in [0.5, 0.6) is 0 Å². The van der Waals surface area contributed by atoms with Crippen LogP contribution in [0.3, 0.4) is 0 Å². The SMILES string of the molecule is CC(C)(C)OC(=O)N1CC[C@@H]2[C@@H](CO[C@H]2CC(=O)O)C1. The van der Waals surface area contributed by atoms with Gasteiger partial charge in [0.05, 0.1) is 19.1 Å². The molecule has 0 aromatic heterocycles. The number of aliphatic carboxylic acids is 1. The fraction of sp³-hybridized carbons (Fsp3) is 0.857. The summed E-state index contributed by atoms with van der Waals surface area (Å²) in [4.78, 5) is 24.5. The first-order valence-corrected chi connectivity index (χ1v) is 7.07. The van der Waals surface area contributed by atoms with Crippen LogP contribution < -0.4 is 0 Å². The first-order chi connectivity index (χ1) is 9.26. The number of hydrogen-bond donors (Lipinski definition) is 1. The zero-order chi connectivity index (χ0) is 14.9. The van der Waals surface area contributed by atoms with E-state index in [0.29, 0.717) is 19.7 Å². The number of likely N-dealkylation sites (tertiary alicyclic amines) is 1. The van der Waals surface area contributed by atoms with E-state index < -0.39 is 11.6 Å². The lowest BCUT2D eigenvalue weighted by atomic mass is 9.83. The Hall–Kier alpha value is -1.30. The highest BCUT2D eigenvalue weighted by atomic mass is 16.6. The van der Waals surface area contributed by atoms with Crippen LogP contribution in [0.1, 0.15) is 33.6 Å². The van der Waals surface area contributed by atoms with E-state index in [2.05, 4.69) is 0 Å². The predicted molar refractivity (Wildman–Crippen MR) is 71.4 cm³/mol. The Morgan fingerprint density at radius 1 is 1.40 bits per heavy atom. The van der Waals surface area contributed by atoms with E-state index >= 15 is 0 Å². The van der Waals surface area contributed by atoms with Crippen LogP contribution in [0.4, 0.5) is 4.79 Å². The Labute approximate surface area is 119 Å². The molecule has 2 aliphatic rings. The van der Waals surface area contributed by atoms with Gasteiger partial charge in [-0.3, -0.25) is 4.79 Å². The van der Waals surface area contributed by atoms with Crippen LogP contribution in [0.15, 0.2) is 0 Å². The van der Waals surface area contributed by atoms with Crippen molar-refractivity contribution in [1.29, 1.82) is 0 Å². The molecule has 2 heterocycles. The summed E-state index contributed by atoms with van der Waals surface area (Å²) in [5.41, 5.74) is -0.494. The molecule has 6 nitrogen and oxygen atoms in total. The maximum Gasteiger partial charge on any atom is 0.410 e. The Morgan fingerprint density at radius 3 is 2.70 bits per heavy atom. The van der Waals surface area contributed by atoms with Gasteiger partial charge in [0.1, 0.15) is 5.60 Å². The van der Waals surface area contributed by atoms with E-state index in [0.717, 1.165) is 6.42 Å². The molecule has 0 spiro atoms. The monoisotopic (exact) mass is 285 g/mol. The number of piperidine rings is 1. The second-order valence-electron chi connectivity index (χ2n) is 6.61. The molecule has 3 atom stereocenters. The minimum absolute atomic E-state index is 0.0492. The van der Waals surface area contributed by atoms with Crippen LogP contribution in [0, 0.1) is 11.8 Å². The Balaban J connectivity index is 1.90. The number of carbonyl (C=O) groups excluding carboxylic acids is 1. The molecule has 0 radical (unpaired) electrons. The molecule has 1 amide bonds. The fourth-order valence-corrected chi connectivity index (χ4v) is 2.96. The lowest BCUT2D eigenvalue weighted by Gasteiger charge is -2.36. The summed E-state index contributed by atoms with van der Waals surface area (Å²) in [7, 11) is 0. The molecule has 2 aliphatic heterocycles. The quantitative estimate of drug-likeness (QED) is 0.836. The molecule has 0 aliphatic carbocycles. The zero-order valence-corrected chi connectivity index (χ0v) is 12.3. The number of amides is 1. The molecule has 0 unspecified atom stereocenters. The Bertz CT molecular complexity index is 390. The minimum atomic E-state index is -0.828. The van der Waals surface area contributed by atoms with Crippen molar-refractivity contribution in [3.63, 3.8) is 0 Å². The molecule has 0 bridgehead atoms. The van der Waals surface area contributed by atoms with Crippen LogP contribution >= 0.6 is 0 Å². The lowest BCUT2D eigenvalue weighted by Crippen LogP contribution is -2.46. The molecule has 2 saturated heterocycles. The van der Waals surface area contributed by atoms with Crippen LogP contribution in [0.2, 0.25) is 0 Å². The van der Waals surface area contributed by atoms with Crippen molar-refractivity contribution in [3.8, 4) is 0 Å². The first kappa shape index (κ1) is 15.1. The van der Waals surface area contributed by atoms with Gasteiger partial charge < -0.3 is 19.5 Å². The van der Waals surface area contributed by atoms with Gasteiger partial charge >= 0.3 is 12.1 Å². The number of rotatable bonds is 2. The van der Waals surface area contributed by atoms with Gasteiger partial charge in [-0.2, -0.15) is 0 Å². The molecule has 2 fully saturated rings. The number of carboxylic acids is 1. The third-order valence-electron chi connectivity index (χ3n) is 3.82. The average molecular weight is 285 g/mol. The Morgan fingerprint density at radius 2 is 2.10 bits per heavy atom. The average Bonchev–Trinajstić information content (AvgIpc) is 2.69. The van der Waals surface area contributed by atoms with Crippen molar-refractivity contribution in [3.05, 3.63) is 0 Å². The summed E-state index contributed by atoms with van der Waals surface area (Å²) in [6.45, 7) is 7.27.